The molecule has 1 unspecified atom stereocenters. The number of hydrogen-bond acceptors (Lipinski definition) is 3. The van der Waals surface area contributed by atoms with Crippen molar-refractivity contribution in [3.8, 4) is 0 Å². The van der Waals surface area contributed by atoms with Crippen molar-refractivity contribution in [1.82, 2.24) is 10.2 Å². The van der Waals surface area contributed by atoms with Crippen molar-refractivity contribution in [2.75, 3.05) is 6.54 Å². The Morgan fingerprint density at radius 2 is 1.74 bits per heavy atom. The molecule has 0 heterocycles. The lowest BCUT2D eigenvalue weighted by Gasteiger charge is -2.37. The van der Waals surface area contributed by atoms with Crippen molar-refractivity contribution in [1.29, 1.82) is 0 Å². The zero-order chi connectivity index (χ0) is 15.4. The van der Waals surface area contributed by atoms with E-state index in [9.17, 15) is 14.4 Å². The van der Waals surface area contributed by atoms with Gasteiger partial charge in [-0.25, -0.2) is 4.79 Å². The van der Waals surface area contributed by atoms with Crippen LogP contribution < -0.4 is 11.1 Å². The lowest BCUT2D eigenvalue weighted by Crippen LogP contribution is -2.58. The first-order chi connectivity index (χ1) is 8.46. The number of rotatable bonds is 5. The van der Waals surface area contributed by atoms with Crippen LogP contribution >= 0.6 is 0 Å². The Labute approximate surface area is 113 Å². The summed E-state index contributed by atoms with van der Waals surface area (Å²) in [4.78, 5) is 35.4. The Morgan fingerprint density at radius 1 is 1.26 bits per heavy atom. The molecule has 0 radical (unpaired) electrons. The molecular weight excluding hydrogens is 250 g/mol. The van der Waals surface area contributed by atoms with Gasteiger partial charge in [0.2, 0.25) is 5.91 Å². The Kier molecular flexibility index (Phi) is 5.80. The van der Waals surface area contributed by atoms with E-state index in [1.165, 1.54) is 4.90 Å². The fourth-order valence-electron chi connectivity index (χ4n) is 1.62. The van der Waals surface area contributed by atoms with Gasteiger partial charge < -0.3 is 21.1 Å². The molecule has 0 bridgehead atoms. The maximum atomic E-state index is 12.4. The topological polar surface area (TPSA) is 113 Å². The van der Waals surface area contributed by atoms with Crippen LogP contribution in [0.4, 0.5) is 4.79 Å². The molecule has 0 aromatic rings. The third-order valence-corrected chi connectivity index (χ3v) is 2.60. The van der Waals surface area contributed by atoms with Crippen molar-refractivity contribution >= 4 is 17.9 Å². The summed E-state index contributed by atoms with van der Waals surface area (Å²) in [5.41, 5.74) is 4.38. The summed E-state index contributed by atoms with van der Waals surface area (Å²) in [7, 11) is 0. The van der Waals surface area contributed by atoms with Crippen molar-refractivity contribution in [3.05, 3.63) is 0 Å². The molecule has 1 atom stereocenters. The molecule has 7 nitrogen and oxygen atoms in total. The molecule has 19 heavy (non-hydrogen) atoms. The molecule has 0 rings (SSSR count). The fraction of sp³-hybridized carbons (Fsp3) is 0.750. The van der Waals surface area contributed by atoms with Crippen molar-refractivity contribution in [2.45, 2.75) is 46.2 Å². The lowest BCUT2D eigenvalue weighted by molar-refractivity contribution is -0.149. The van der Waals surface area contributed by atoms with Gasteiger partial charge in [-0.1, -0.05) is 13.8 Å². The largest absolute Gasteiger partial charge is 0.480 e. The van der Waals surface area contributed by atoms with Crippen LogP contribution in [0, 0.1) is 5.92 Å². The second-order valence-electron chi connectivity index (χ2n) is 5.72. The number of hydrogen-bond donors (Lipinski definition) is 3. The number of carboxylic acids is 1. The van der Waals surface area contributed by atoms with Gasteiger partial charge in [0.05, 0.1) is 0 Å². The van der Waals surface area contributed by atoms with Gasteiger partial charge in [0.15, 0.2) is 0 Å². The first-order valence-corrected chi connectivity index (χ1v) is 6.06. The Hall–Kier alpha value is -1.79. The van der Waals surface area contributed by atoms with Gasteiger partial charge in [-0.15, -0.1) is 0 Å². The summed E-state index contributed by atoms with van der Waals surface area (Å²) in [6.07, 6.45) is 0. The van der Waals surface area contributed by atoms with Crippen LogP contribution in [0.25, 0.3) is 0 Å². The number of nitrogens with zero attached hydrogens (tertiary/aromatic N) is 1. The summed E-state index contributed by atoms with van der Waals surface area (Å²) < 4.78 is 0. The van der Waals surface area contributed by atoms with E-state index in [0.717, 1.165) is 0 Å². The molecule has 0 aromatic carbocycles. The van der Waals surface area contributed by atoms with E-state index in [-0.39, 0.29) is 5.92 Å². The third-order valence-electron chi connectivity index (χ3n) is 2.60. The number of aliphatic carboxylic acids is 1. The summed E-state index contributed by atoms with van der Waals surface area (Å²) in [5, 5.41) is 11.3. The predicted octanol–water partition coefficient (Wildman–Crippen LogP) is 0.391. The van der Waals surface area contributed by atoms with E-state index in [0.29, 0.717) is 0 Å². The van der Waals surface area contributed by atoms with E-state index in [1.54, 1.807) is 34.6 Å². The van der Waals surface area contributed by atoms with Gasteiger partial charge in [0.1, 0.15) is 12.6 Å². The number of nitrogens with one attached hydrogen (secondary N) is 1. The Balaban J connectivity index is 5.24. The van der Waals surface area contributed by atoms with Gasteiger partial charge in [-0.2, -0.15) is 0 Å². The minimum atomic E-state index is -1.11. The van der Waals surface area contributed by atoms with Crippen LogP contribution in [-0.2, 0) is 9.59 Å². The fourth-order valence-corrected chi connectivity index (χ4v) is 1.62. The molecule has 0 aliphatic rings. The maximum absolute atomic E-state index is 12.4. The Bertz CT molecular complexity index is 360. The van der Waals surface area contributed by atoms with E-state index < -0.39 is 36.0 Å². The number of nitrogens with two attached hydrogens (primary N) is 1. The molecule has 3 amide bonds. The second-order valence-corrected chi connectivity index (χ2v) is 5.72. The number of carbonyl (C=O) groups excluding carboxylic acids is 2. The monoisotopic (exact) mass is 273 g/mol. The van der Waals surface area contributed by atoms with Crippen molar-refractivity contribution in [3.63, 3.8) is 0 Å². The van der Waals surface area contributed by atoms with Crippen LogP contribution in [-0.4, -0.2) is 46.0 Å². The highest BCUT2D eigenvalue weighted by Gasteiger charge is 2.35. The third kappa shape index (κ3) is 5.58. The van der Waals surface area contributed by atoms with Crippen LogP contribution in [0.15, 0.2) is 0 Å². The summed E-state index contributed by atoms with van der Waals surface area (Å²) >= 11 is 0. The normalized spacial score (nSPS) is 12.9. The number of carboxylic acid groups (broad SMARTS) is 1. The molecule has 0 aliphatic heterocycles. The van der Waals surface area contributed by atoms with Gasteiger partial charge in [-0.05, 0) is 26.7 Å². The van der Waals surface area contributed by atoms with Gasteiger partial charge in [-0.3, -0.25) is 9.59 Å². The number of amides is 3. The van der Waals surface area contributed by atoms with Gasteiger partial charge in [0.25, 0.3) is 0 Å². The molecular formula is C12H23N3O4. The van der Waals surface area contributed by atoms with E-state index in [2.05, 4.69) is 5.32 Å². The standard InChI is InChI=1S/C12H23N3O4/c1-7(2)9(14-11(13)19)10(18)15(6-8(16)17)12(3,4)5/h7,9H,6H2,1-5H3,(H,16,17)(H3,13,14,19). The SMILES string of the molecule is CC(C)C(NC(N)=O)C(=O)N(CC(=O)O)C(C)(C)C. The van der Waals surface area contributed by atoms with Gasteiger partial charge >= 0.3 is 12.0 Å². The van der Waals surface area contributed by atoms with Crippen molar-refractivity contribution < 1.29 is 19.5 Å². The molecule has 0 aromatic heterocycles. The van der Waals surface area contributed by atoms with Crippen molar-refractivity contribution in [2.24, 2.45) is 11.7 Å². The number of carbonyl (C=O) groups is 3. The zero-order valence-electron chi connectivity index (χ0n) is 12.1. The minimum Gasteiger partial charge on any atom is -0.480 e. The molecule has 0 spiro atoms. The van der Waals surface area contributed by atoms with Gasteiger partial charge in [0, 0.05) is 5.54 Å². The van der Waals surface area contributed by atoms with E-state index >= 15 is 0 Å². The quantitative estimate of drug-likeness (QED) is 0.672. The molecule has 0 aliphatic carbocycles. The molecule has 110 valence electrons. The highest BCUT2D eigenvalue weighted by Crippen LogP contribution is 2.17. The van der Waals surface area contributed by atoms with E-state index in [4.69, 9.17) is 10.8 Å². The zero-order valence-corrected chi connectivity index (χ0v) is 12.1. The van der Waals surface area contributed by atoms with Crippen LogP contribution in [0.3, 0.4) is 0 Å². The molecule has 0 saturated carbocycles. The average Bonchev–Trinajstić information content (AvgIpc) is 2.19. The first-order valence-electron chi connectivity index (χ1n) is 6.06. The number of primary amides is 1. The molecule has 7 heteroatoms. The lowest BCUT2D eigenvalue weighted by atomic mass is 9.98. The maximum Gasteiger partial charge on any atom is 0.323 e. The summed E-state index contributed by atoms with van der Waals surface area (Å²) in [6, 6.07) is -1.65. The molecule has 0 fully saturated rings. The molecule has 4 N–H and O–H groups in total. The average molecular weight is 273 g/mol. The second kappa shape index (κ2) is 6.40. The van der Waals surface area contributed by atoms with E-state index in [1.807, 2.05) is 0 Å². The minimum absolute atomic E-state index is 0.196. The number of urea groups is 1. The highest BCUT2D eigenvalue weighted by atomic mass is 16.4. The van der Waals surface area contributed by atoms with Crippen LogP contribution in [0.2, 0.25) is 0 Å². The predicted molar refractivity (Wildman–Crippen MR) is 70.4 cm³/mol. The Morgan fingerprint density at radius 3 is 2.00 bits per heavy atom. The smallest absolute Gasteiger partial charge is 0.323 e. The summed E-state index contributed by atoms with van der Waals surface area (Å²) in [5.74, 6) is -1.76. The summed E-state index contributed by atoms with van der Waals surface area (Å²) in [6.45, 7) is 8.27. The first kappa shape index (κ1) is 17.2. The molecule has 0 saturated heterocycles. The highest BCUT2D eigenvalue weighted by molar-refractivity contribution is 5.89. The van der Waals surface area contributed by atoms with Crippen LogP contribution in [0.1, 0.15) is 34.6 Å². The van der Waals surface area contributed by atoms with Crippen LogP contribution in [0.5, 0.6) is 0 Å².